The first kappa shape index (κ1) is 28.7. The Balaban J connectivity index is 1.64. The second-order valence-electron chi connectivity index (χ2n) is 8.53. The predicted molar refractivity (Wildman–Crippen MR) is 144 cm³/mol. The lowest BCUT2D eigenvalue weighted by Crippen LogP contribution is -2.40. The molecule has 0 bridgehead atoms. The van der Waals surface area contributed by atoms with Crippen LogP contribution in [0.1, 0.15) is 45.1 Å². The quantitative estimate of drug-likeness (QED) is 0.117. The van der Waals surface area contributed by atoms with E-state index in [0.29, 0.717) is 19.3 Å². The molecule has 0 unspecified atom stereocenters. The van der Waals surface area contributed by atoms with Crippen LogP contribution in [-0.2, 0) is 27.7 Å². The predicted octanol–water partition coefficient (Wildman–Crippen LogP) is 2.18. The number of carboxylic acid groups (broad SMARTS) is 1. The summed E-state index contributed by atoms with van der Waals surface area (Å²) in [5.41, 5.74) is 13.4. The smallest absolute Gasteiger partial charge is 0.326 e. The van der Waals surface area contributed by atoms with Crippen molar-refractivity contribution >= 4 is 44.9 Å². The van der Waals surface area contributed by atoms with E-state index in [4.69, 9.17) is 16.0 Å². The van der Waals surface area contributed by atoms with E-state index in [1.54, 1.807) is 17.5 Å². The van der Waals surface area contributed by atoms with Crippen molar-refractivity contribution in [1.82, 2.24) is 10.5 Å². The van der Waals surface area contributed by atoms with E-state index in [9.17, 15) is 23.1 Å². The van der Waals surface area contributed by atoms with Gasteiger partial charge in [-0.2, -0.15) is 0 Å². The number of aliphatic carboxylic acids is 1. The summed E-state index contributed by atoms with van der Waals surface area (Å²) in [6.07, 6.45) is 1.81. The van der Waals surface area contributed by atoms with Crippen LogP contribution in [-0.4, -0.2) is 49.1 Å². The molecule has 0 saturated heterocycles. The van der Waals surface area contributed by atoms with Gasteiger partial charge in [-0.25, -0.2) is 13.2 Å². The molecule has 204 valence electrons. The largest absolute Gasteiger partial charge is 0.480 e. The Morgan fingerprint density at radius 1 is 1.16 bits per heavy atom. The van der Waals surface area contributed by atoms with Crippen molar-refractivity contribution in [1.29, 1.82) is 0 Å². The van der Waals surface area contributed by atoms with Crippen molar-refractivity contribution in [2.24, 2.45) is 16.5 Å². The number of sulfonamides is 1. The van der Waals surface area contributed by atoms with Crippen LogP contribution in [0.15, 0.2) is 50.1 Å². The van der Waals surface area contributed by atoms with Crippen molar-refractivity contribution in [3.63, 3.8) is 0 Å². The van der Waals surface area contributed by atoms with Crippen molar-refractivity contribution < 1.29 is 27.6 Å². The molecule has 12 nitrogen and oxygen atoms in total. The second-order valence-corrected chi connectivity index (χ2v) is 11.1. The molecule has 7 N–H and O–H groups in total. The van der Waals surface area contributed by atoms with E-state index >= 15 is 0 Å². The third kappa shape index (κ3) is 7.55. The van der Waals surface area contributed by atoms with Crippen LogP contribution in [0.4, 0.5) is 5.69 Å². The molecule has 0 saturated carbocycles. The number of benzene rings is 1. The number of aromatic nitrogens is 1. The summed E-state index contributed by atoms with van der Waals surface area (Å²) in [7, 11) is -4.00. The van der Waals surface area contributed by atoms with Crippen molar-refractivity contribution in [2.75, 3.05) is 11.3 Å². The molecule has 0 spiro atoms. The number of carboxylic acids is 1. The second kappa shape index (κ2) is 12.6. The first-order valence-electron chi connectivity index (χ1n) is 11.7. The van der Waals surface area contributed by atoms with Crippen LogP contribution < -0.4 is 21.5 Å². The van der Waals surface area contributed by atoms with Gasteiger partial charge in [0.1, 0.15) is 16.7 Å². The number of aryl methyl sites for hydroxylation is 3. The van der Waals surface area contributed by atoms with Gasteiger partial charge in [0.05, 0.1) is 16.3 Å². The van der Waals surface area contributed by atoms with Gasteiger partial charge in [-0.05, 0) is 68.7 Å². The third-order valence-corrected chi connectivity index (χ3v) is 8.04. The Kier molecular flexibility index (Phi) is 9.47. The third-order valence-electron chi connectivity index (χ3n) is 5.74. The van der Waals surface area contributed by atoms with Crippen LogP contribution >= 0.6 is 11.3 Å². The van der Waals surface area contributed by atoms with Gasteiger partial charge in [0.15, 0.2) is 5.96 Å². The summed E-state index contributed by atoms with van der Waals surface area (Å²) in [5, 5.41) is 17.4. The Hall–Kier alpha value is -3.91. The maximum atomic E-state index is 13.0. The molecule has 1 atom stereocenters. The fourth-order valence-corrected chi connectivity index (χ4v) is 5.61. The van der Waals surface area contributed by atoms with Gasteiger partial charge in [0, 0.05) is 12.1 Å². The van der Waals surface area contributed by atoms with Gasteiger partial charge in [0.2, 0.25) is 0 Å². The van der Waals surface area contributed by atoms with Gasteiger partial charge in [0.25, 0.3) is 15.9 Å². The number of anilines is 1. The summed E-state index contributed by atoms with van der Waals surface area (Å²) in [6, 6.07) is 6.70. The molecule has 0 aliphatic heterocycles. The lowest BCUT2D eigenvalue weighted by atomic mass is 10.0. The van der Waals surface area contributed by atoms with Gasteiger partial charge in [-0.15, -0.1) is 11.3 Å². The molecule has 14 heteroatoms. The highest BCUT2D eigenvalue weighted by molar-refractivity contribution is 7.92. The van der Waals surface area contributed by atoms with Gasteiger partial charge < -0.3 is 26.4 Å². The number of hydrogen-bond acceptors (Lipinski definition) is 8. The first-order valence-corrected chi connectivity index (χ1v) is 14.0. The molecule has 0 radical (unpaired) electrons. The number of rotatable bonds is 13. The Bertz CT molecular complexity index is 1390. The maximum absolute atomic E-state index is 13.0. The maximum Gasteiger partial charge on any atom is 0.326 e. The number of nitrogens with zero attached hydrogens (tertiary/aromatic N) is 2. The van der Waals surface area contributed by atoms with Crippen LogP contribution in [0.3, 0.4) is 0 Å². The average molecular weight is 563 g/mol. The molecule has 2 heterocycles. The van der Waals surface area contributed by atoms with Crippen LogP contribution in [0.2, 0.25) is 0 Å². The van der Waals surface area contributed by atoms with Crippen molar-refractivity contribution in [2.45, 2.75) is 50.5 Å². The number of aliphatic imine (C=N–C) groups is 1. The van der Waals surface area contributed by atoms with Crippen LogP contribution in [0, 0.1) is 13.8 Å². The zero-order valence-electron chi connectivity index (χ0n) is 20.9. The number of carbonyl (C=O) groups excluding carboxylic acids is 1. The number of nitrogens with two attached hydrogens (primary N) is 2. The van der Waals surface area contributed by atoms with Crippen LogP contribution in [0.25, 0.3) is 0 Å². The lowest BCUT2D eigenvalue weighted by Gasteiger charge is -2.15. The zero-order chi connectivity index (χ0) is 27.9. The number of guanidine groups is 1. The highest BCUT2D eigenvalue weighted by Gasteiger charge is 2.24. The minimum absolute atomic E-state index is 0.0271. The van der Waals surface area contributed by atoms with E-state index in [0.717, 1.165) is 33.9 Å². The number of hydrogen-bond donors (Lipinski definition) is 5. The molecule has 0 fully saturated rings. The fourth-order valence-electron chi connectivity index (χ4n) is 3.72. The molecule has 3 rings (SSSR count). The van der Waals surface area contributed by atoms with Gasteiger partial charge in [-0.1, -0.05) is 17.3 Å². The molecular formula is C24H30N6O6S2. The average Bonchev–Trinajstić information content (AvgIpc) is 3.44. The molecule has 1 amide bonds. The molecule has 0 aliphatic carbocycles. The number of nitrogens with one attached hydrogen (secondary N) is 2. The molecule has 1 aromatic carbocycles. The lowest BCUT2D eigenvalue weighted by molar-refractivity contribution is -0.139. The molecule has 3 aromatic rings. The standard InChI is InChI=1S/C24H30N6O6S2/c1-14-18(15(2)36-29-14)10-7-16-5-8-17(9-6-16)38(34,35)30-19-11-13-37-21(19)22(31)28-20(23(32)33)4-3-12-27-24(25)26/h5-6,8-9,11,13,20,30H,3-4,7,10,12H2,1-2H3,(H,28,31)(H,32,33)(H4,25,26,27)/t20-/m0/s1. The molecule has 38 heavy (non-hydrogen) atoms. The summed E-state index contributed by atoms with van der Waals surface area (Å²) >= 11 is 0.990. The zero-order valence-corrected chi connectivity index (χ0v) is 22.6. The van der Waals surface area contributed by atoms with E-state index in [-0.39, 0.29) is 34.4 Å². The summed E-state index contributed by atoms with van der Waals surface area (Å²) < 4.78 is 33.6. The summed E-state index contributed by atoms with van der Waals surface area (Å²) in [4.78, 5) is 28.2. The Morgan fingerprint density at radius 3 is 2.47 bits per heavy atom. The van der Waals surface area contributed by atoms with Crippen LogP contribution in [0.5, 0.6) is 0 Å². The van der Waals surface area contributed by atoms with E-state index < -0.39 is 27.9 Å². The number of carbonyl (C=O) groups is 2. The topological polar surface area (TPSA) is 203 Å². The minimum Gasteiger partial charge on any atom is -0.480 e. The molecule has 2 aromatic heterocycles. The molecule has 0 aliphatic rings. The fraction of sp³-hybridized carbons (Fsp3) is 0.333. The minimum atomic E-state index is -4.00. The number of amides is 1. The van der Waals surface area contributed by atoms with Crippen molar-refractivity contribution in [3.05, 3.63) is 63.2 Å². The normalized spacial score (nSPS) is 12.1. The first-order chi connectivity index (χ1) is 18.0. The van der Waals surface area contributed by atoms with Gasteiger partial charge >= 0.3 is 5.97 Å². The Labute approximate surface area is 224 Å². The highest BCUT2D eigenvalue weighted by Crippen LogP contribution is 2.26. The summed E-state index contributed by atoms with van der Waals surface area (Å²) in [6.45, 7) is 3.94. The van der Waals surface area contributed by atoms with E-state index in [2.05, 4.69) is 20.2 Å². The van der Waals surface area contributed by atoms with Gasteiger partial charge in [-0.3, -0.25) is 14.5 Å². The highest BCUT2D eigenvalue weighted by atomic mass is 32.2. The van der Waals surface area contributed by atoms with E-state index in [1.165, 1.54) is 18.2 Å². The molecular weight excluding hydrogens is 532 g/mol. The summed E-state index contributed by atoms with van der Waals surface area (Å²) in [5.74, 6) is -1.28. The Morgan fingerprint density at radius 2 is 1.87 bits per heavy atom. The van der Waals surface area contributed by atoms with Crippen molar-refractivity contribution in [3.8, 4) is 0 Å². The monoisotopic (exact) mass is 562 g/mol. The number of thiophene rings is 1. The SMILES string of the molecule is Cc1noc(C)c1CCc1ccc(S(=O)(=O)Nc2ccsc2C(=O)N[C@@H](CCCN=C(N)N)C(=O)O)cc1. The van der Waals surface area contributed by atoms with E-state index in [1.807, 2.05) is 13.8 Å².